The summed E-state index contributed by atoms with van der Waals surface area (Å²) in [5.41, 5.74) is 0.236. The molecule has 0 aliphatic carbocycles. The zero-order chi connectivity index (χ0) is 12.8. The number of hydrogen-bond acceptors (Lipinski definition) is 3. The Kier molecular flexibility index (Phi) is 5.09. The maximum absolute atomic E-state index is 13.0. The maximum Gasteiger partial charge on any atom is 0.340 e. The van der Waals surface area contributed by atoms with Crippen LogP contribution in [-0.2, 0) is 9.53 Å². The third kappa shape index (κ3) is 3.81. The molecule has 1 aromatic rings. The first-order valence-corrected chi connectivity index (χ1v) is 5.94. The molecule has 0 saturated heterocycles. The monoisotopic (exact) mass is 303 g/mol. The van der Waals surface area contributed by atoms with Crippen LogP contribution in [0, 0.1) is 5.82 Å². The molecule has 0 fully saturated rings. The molecule has 0 bridgehead atoms. The van der Waals surface area contributed by atoms with Crippen LogP contribution in [-0.4, -0.2) is 24.3 Å². The van der Waals surface area contributed by atoms with Gasteiger partial charge in [0.15, 0.2) is 0 Å². The van der Waals surface area contributed by atoms with E-state index in [1.807, 2.05) is 0 Å². The molecule has 1 amide bonds. The molecule has 1 N–H and O–H groups in total. The van der Waals surface area contributed by atoms with Crippen molar-refractivity contribution in [3.05, 3.63) is 29.6 Å². The van der Waals surface area contributed by atoms with Crippen molar-refractivity contribution in [2.45, 2.75) is 6.42 Å². The summed E-state index contributed by atoms with van der Waals surface area (Å²) in [6.45, 7) is 0. The van der Waals surface area contributed by atoms with E-state index in [0.29, 0.717) is 5.33 Å². The minimum atomic E-state index is -0.696. The molecule has 0 saturated carbocycles. The van der Waals surface area contributed by atoms with Crippen molar-refractivity contribution >= 4 is 33.5 Å². The second kappa shape index (κ2) is 6.34. The van der Waals surface area contributed by atoms with E-state index >= 15 is 0 Å². The van der Waals surface area contributed by atoms with Crippen LogP contribution in [0.1, 0.15) is 16.8 Å². The smallest absolute Gasteiger partial charge is 0.340 e. The molecule has 1 rings (SSSR count). The highest BCUT2D eigenvalue weighted by atomic mass is 79.9. The molecule has 1 aromatic carbocycles. The van der Waals surface area contributed by atoms with Crippen molar-refractivity contribution in [1.29, 1.82) is 0 Å². The Morgan fingerprint density at radius 3 is 2.76 bits per heavy atom. The molecule has 0 aliphatic heterocycles. The summed E-state index contributed by atoms with van der Waals surface area (Å²) < 4.78 is 17.5. The van der Waals surface area contributed by atoms with Crippen LogP contribution in [0.3, 0.4) is 0 Å². The number of alkyl halides is 1. The van der Waals surface area contributed by atoms with Gasteiger partial charge in [0, 0.05) is 11.8 Å². The predicted octanol–water partition coefficient (Wildman–Crippen LogP) is 2.34. The number of benzene rings is 1. The highest BCUT2D eigenvalue weighted by Crippen LogP contribution is 2.18. The molecule has 4 nitrogen and oxygen atoms in total. The Morgan fingerprint density at radius 1 is 1.47 bits per heavy atom. The minimum absolute atomic E-state index is 0.00424. The molecule has 0 atom stereocenters. The summed E-state index contributed by atoms with van der Waals surface area (Å²) >= 11 is 3.12. The Labute approximate surface area is 106 Å². The van der Waals surface area contributed by atoms with Gasteiger partial charge in [-0.15, -0.1) is 0 Å². The first kappa shape index (κ1) is 13.6. The van der Waals surface area contributed by atoms with Crippen LogP contribution >= 0.6 is 15.9 Å². The third-order valence-corrected chi connectivity index (χ3v) is 2.38. The van der Waals surface area contributed by atoms with E-state index in [0.717, 1.165) is 12.1 Å². The largest absolute Gasteiger partial charge is 0.465 e. The first-order valence-electron chi connectivity index (χ1n) is 4.82. The van der Waals surface area contributed by atoms with E-state index in [1.54, 1.807) is 0 Å². The van der Waals surface area contributed by atoms with Crippen LogP contribution in [0.4, 0.5) is 10.1 Å². The van der Waals surface area contributed by atoms with Crippen molar-refractivity contribution in [3.8, 4) is 0 Å². The van der Waals surface area contributed by atoms with Gasteiger partial charge in [0.05, 0.1) is 18.4 Å². The number of hydrogen-bond donors (Lipinski definition) is 1. The molecule has 0 aromatic heterocycles. The van der Waals surface area contributed by atoms with Crippen LogP contribution in [0.25, 0.3) is 0 Å². The van der Waals surface area contributed by atoms with Gasteiger partial charge in [-0.1, -0.05) is 15.9 Å². The summed E-state index contributed by atoms with van der Waals surface area (Å²) in [5, 5.41) is 3.02. The highest BCUT2D eigenvalue weighted by Gasteiger charge is 2.14. The maximum atomic E-state index is 13.0. The second-order valence-corrected chi connectivity index (χ2v) is 3.96. The minimum Gasteiger partial charge on any atom is -0.465 e. The van der Waals surface area contributed by atoms with Crippen molar-refractivity contribution in [2.75, 3.05) is 17.8 Å². The number of rotatable bonds is 4. The molecule has 0 heterocycles. The van der Waals surface area contributed by atoms with Gasteiger partial charge < -0.3 is 10.1 Å². The van der Waals surface area contributed by atoms with E-state index in [2.05, 4.69) is 26.0 Å². The number of nitrogens with one attached hydrogen (secondary N) is 1. The lowest BCUT2D eigenvalue weighted by Crippen LogP contribution is -2.15. The lowest BCUT2D eigenvalue weighted by Gasteiger charge is -2.09. The van der Waals surface area contributed by atoms with Crippen molar-refractivity contribution < 1.29 is 18.7 Å². The average Bonchev–Trinajstić information content (AvgIpc) is 2.30. The summed E-state index contributed by atoms with van der Waals surface area (Å²) in [4.78, 5) is 22.7. The quantitative estimate of drug-likeness (QED) is 0.686. The summed E-state index contributed by atoms with van der Waals surface area (Å²) in [6.07, 6.45) is 0.262. The number of carbonyl (C=O) groups is 2. The Morgan fingerprint density at radius 2 is 2.18 bits per heavy atom. The fraction of sp³-hybridized carbons (Fsp3) is 0.273. The molecule has 6 heteroatoms. The molecule has 0 aliphatic rings. The number of amides is 1. The van der Waals surface area contributed by atoms with Gasteiger partial charge in [0.1, 0.15) is 5.82 Å². The van der Waals surface area contributed by atoms with Gasteiger partial charge >= 0.3 is 5.97 Å². The highest BCUT2D eigenvalue weighted by molar-refractivity contribution is 9.09. The Balaban J connectivity index is 2.98. The fourth-order valence-corrected chi connectivity index (χ4v) is 1.56. The van der Waals surface area contributed by atoms with E-state index in [1.165, 1.54) is 13.2 Å². The number of halogens is 2. The van der Waals surface area contributed by atoms with Crippen LogP contribution in [0.2, 0.25) is 0 Å². The molecular formula is C11H11BrFNO3. The summed E-state index contributed by atoms with van der Waals surface area (Å²) in [7, 11) is 1.19. The number of ether oxygens (including phenoxy) is 1. The van der Waals surface area contributed by atoms with E-state index in [9.17, 15) is 14.0 Å². The third-order valence-electron chi connectivity index (χ3n) is 1.98. The van der Waals surface area contributed by atoms with Gasteiger partial charge in [-0.2, -0.15) is 0 Å². The molecule has 92 valence electrons. The topological polar surface area (TPSA) is 55.4 Å². The van der Waals surface area contributed by atoms with E-state index < -0.39 is 11.8 Å². The lowest BCUT2D eigenvalue weighted by molar-refractivity contribution is -0.115. The molecule has 0 spiro atoms. The normalized spacial score (nSPS) is 9.82. The average molecular weight is 304 g/mol. The Bertz CT molecular complexity index is 437. The summed E-state index contributed by atoms with van der Waals surface area (Å²) in [6, 6.07) is 3.51. The van der Waals surface area contributed by atoms with Gasteiger partial charge in [-0.3, -0.25) is 4.79 Å². The zero-order valence-electron chi connectivity index (χ0n) is 9.13. The molecule has 17 heavy (non-hydrogen) atoms. The fourth-order valence-electron chi connectivity index (χ4n) is 1.20. The lowest BCUT2D eigenvalue weighted by atomic mass is 10.1. The SMILES string of the molecule is COC(=O)c1cc(F)ccc1NC(=O)CCBr. The predicted molar refractivity (Wildman–Crippen MR) is 64.8 cm³/mol. The van der Waals surface area contributed by atoms with Crippen LogP contribution in [0.15, 0.2) is 18.2 Å². The summed E-state index contributed by atoms with van der Waals surface area (Å²) in [5.74, 6) is -1.53. The zero-order valence-corrected chi connectivity index (χ0v) is 10.7. The van der Waals surface area contributed by atoms with Gasteiger partial charge in [0.2, 0.25) is 5.91 Å². The Hall–Kier alpha value is -1.43. The van der Waals surface area contributed by atoms with E-state index in [4.69, 9.17) is 0 Å². The number of anilines is 1. The van der Waals surface area contributed by atoms with Gasteiger partial charge in [-0.25, -0.2) is 9.18 Å². The molecule has 0 unspecified atom stereocenters. The molecule has 0 radical (unpaired) electrons. The van der Waals surface area contributed by atoms with Gasteiger partial charge in [0.25, 0.3) is 0 Å². The van der Waals surface area contributed by atoms with Crippen LogP contribution < -0.4 is 5.32 Å². The van der Waals surface area contributed by atoms with Crippen molar-refractivity contribution in [3.63, 3.8) is 0 Å². The second-order valence-electron chi connectivity index (χ2n) is 3.17. The number of esters is 1. The van der Waals surface area contributed by atoms with Crippen molar-refractivity contribution in [2.24, 2.45) is 0 Å². The first-order chi connectivity index (χ1) is 8.08. The van der Waals surface area contributed by atoms with E-state index in [-0.39, 0.29) is 23.6 Å². The number of methoxy groups -OCH3 is 1. The van der Waals surface area contributed by atoms with Gasteiger partial charge in [-0.05, 0) is 18.2 Å². The standard InChI is InChI=1S/C11H11BrFNO3/c1-17-11(16)8-6-7(13)2-3-9(8)14-10(15)4-5-12/h2-3,6H,4-5H2,1H3,(H,14,15). The molecular weight excluding hydrogens is 293 g/mol. The van der Waals surface area contributed by atoms with Crippen LogP contribution in [0.5, 0.6) is 0 Å². The number of carbonyl (C=O) groups excluding carboxylic acids is 2. The van der Waals surface area contributed by atoms with Crippen molar-refractivity contribution in [1.82, 2.24) is 0 Å².